The minimum atomic E-state index is -0.451. The Morgan fingerprint density at radius 1 is 1.11 bits per heavy atom. The van der Waals surface area contributed by atoms with E-state index in [9.17, 15) is 14.9 Å². The molecule has 1 aromatic carbocycles. The van der Waals surface area contributed by atoms with Crippen molar-refractivity contribution < 1.29 is 9.72 Å². The molecule has 0 radical (unpaired) electrons. The number of fused-ring (bicyclic) bond motifs is 2. The average molecular weight is 246 g/mol. The Balaban J connectivity index is 1.82. The van der Waals surface area contributed by atoms with E-state index in [4.69, 9.17) is 0 Å². The van der Waals surface area contributed by atoms with Crippen LogP contribution in [-0.4, -0.2) is 27.8 Å². The number of carbonyl (C=O) groups excluding carboxylic acids is 1. The van der Waals surface area contributed by atoms with Gasteiger partial charge in [-0.05, 0) is 37.8 Å². The van der Waals surface area contributed by atoms with E-state index in [-0.39, 0.29) is 11.6 Å². The smallest absolute Gasteiger partial charge is 0.269 e. The number of rotatable bonds is 2. The van der Waals surface area contributed by atoms with Crippen LogP contribution >= 0.6 is 0 Å². The van der Waals surface area contributed by atoms with Crippen molar-refractivity contribution >= 4 is 11.6 Å². The molecule has 0 saturated carbocycles. The van der Waals surface area contributed by atoms with E-state index >= 15 is 0 Å². The van der Waals surface area contributed by atoms with Crippen molar-refractivity contribution in [2.45, 2.75) is 37.8 Å². The average Bonchev–Trinajstić information content (AvgIpc) is 2.98. The monoisotopic (exact) mass is 246 g/mol. The topological polar surface area (TPSA) is 63.4 Å². The van der Waals surface area contributed by atoms with Crippen LogP contribution in [0.2, 0.25) is 0 Å². The van der Waals surface area contributed by atoms with Gasteiger partial charge in [0, 0.05) is 29.8 Å². The molecule has 1 amide bonds. The van der Waals surface area contributed by atoms with Crippen molar-refractivity contribution in [2.75, 3.05) is 0 Å². The van der Waals surface area contributed by atoms with Gasteiger partial charge in [-0.25, -0.2) is 0 Å². The van der Waals surface area contributed by atoms with Gasteiger partial charge in [0.15, 0.2) is 0 Å². The summed E-state index contributed by atoms with van der Waals surface area (Å²) in [5, 5.41) is 10.6. The molecule has 0 spiro atoms. The summed E-state index contributed by atoms with van der Waals surface area (Å²) in [5.41, 5.74) is 0.579. The molecular formula is C13H14N2O3. The van der Waals surface area contributed by atoms with Gasteiger partial charge in [-0.3, -0.25) is 14.9 Å². The molecule has 3 rings (SSSR count). The van der Waals surface area contributed by atoms with E-state index in [0.29, 0.717) is 17.6 Å². The van der Waals surface area contributed by atoms with E-state index in [1.54, 1.807) is 12.1 Å². The Morgan fingerprint density at radius 2 is 1.61 bits per heavy atom. The summed E-state index contributed by atoms with van der Waals surface area (Å²) in [4.78, 5) is 24.4. The molecule has 0 aromatic heterocycles. The number of carbonyl (C=O) groups is 1. The highest BCUT2D eigenvalue weighted by atomic mass is 16.6. The summed E-state index contributed by atoms with van der Waals surface area (Å²) in [7, 11) is 0. The van der Waals surface area contributed by atoms with E-state index in [0.717, 1.165) is 25.7 Å². The highest BCUT2D eigenvalue weighted by Gasteiger charge is 2.42. The Kier molecular flexibility index (Phi) is 2.54. The van der Waals surface area contributed by atoms with Crippen LogP contribution in [0.1, 0.15) is 36.0 Å². The molecule has 0 aliphatic carbocycles. The quantitative estimate of drug-likeness (QED) is 0.594. The molecule has 2 heterocycles. The van der Waals surface area contributed by atoms with Crippen molar-refractivity contribution in [2.24, 2.45) is 0 Å². The maximum absolute atomic E-state index is 12.3. The zero-order valence-corrected chi connectivity index (χ0v) is 9.91. The summed E-state index contributed by atoms with van der Waals surface area (Å²) < 4.78 is 0. The van der Waals surface area contributed by atoms with Crippen molar-refractivity contribution in [3.05, 3.63) is 39.9 Å². The van der Waals surface area contributed by atoms with Crippen LogP contribution < -0.4 is 0 Å². The van der Waals surface area contributed by atoms with Crippen LogP contribution in [0.3, 0.4) is 0 Å². The summed E-state index contributed by atoms with van der Waals surface area (Å²) in [5.74, 6) is 0.0231. The molecule has 5 nitrogen and oxygen atoms in total. The lowest BCUT2D eigenvalue weighted by molar-refractivity contribution is -0.384. The van der Waals surface area contributed by atoms with Crippen LogP contribution in [0.4, 0.5) is 5.69 Å². The number of nitro benzene ring substituents is 1. The van der Waals surface area contributed by atoms with Gasteiger partial charge >= 0.3 is 0 Å². The van der Waals surface area contributed by atoms with Crippen LogP contribution in [0.15, 0.2) is 24.3 Å². The highest BCUT2D eigenvalue weighted by Crippen LogP contribution is 2.38. The zero-order valence-electron chi connectivity index (χ0n) is 9.91. The van der Waals surface area contributed by atoms with Crippen molar-refractivity contribution in [1.82, 2.24) is 4.90 Å². The first-order valence-corrected chi connectivity index (χ1v) is 6.24. The number of nitrogens with zero attached hydrogens (tertiary/aromatic N) is 2. The van der Waals surface area contributed by atoms with Gasteiger partial charge in [0.05, 0.1) is 4.92 Å². The van der Waals surface area contributed by atoms with E-state index in [1.807, 2.05) is 4.90 Å². The maximum atomic E-state index is 12.3. The number of benzene rings is 1. The van der Waals surface area contributed by atoms with Gasteiger partial charge in [-0.15, -0.1) is 0 Å². The SMILES string of the molecule is O=C(c1ccc([N+](=O)[O-])cc1)N1C2CCC1CC2. The lowest BCUT2D eigenvalue weighted by Gasteiger charge is -2.21. The lowest BCUT2D eigenvalue weighted by atomic mass is 10.0. The third kappa shape index (κ3) is 1.66. The number of non-ortho nitro benzene ring substituents is 1. The molecular weight excluding hydrogens is 232 g/mol. The predicted octanol–water partition coefficient (Wildman–Crippen LogP) is 2.36. The van der Waals surface area contributed by atoms with Gasteiger partial charge in [0.2, 0.25) is 0 Å². The molecule has 18 heavy (non-hydrogen) atoms. The normalized spacial score (nSPS) is 25.4. The summed E-state index contributed by atoms with van der Waals surface area (Å²) >= 11 is 0. The van der Waals surface area contributed by atoms with Crippen molar-refractivity contribution in [1.29, 1.82) is 0 Å². The first-order chi connectivity index (χ1) is 8.66. The fraction of sp³-hybridized carbons (Fsp3) is 0.462. The third-order valence-electron chi connectivity index (χ3n) is 4.01. The minimum absolute atomic E-state index is 0.0231. The van der Waals surface area contributed by atoms with Crippen LogP contribution in [0, 0.1) is 10.1 Å². The zero-order chi connectivity index (χ0) is 12.7. The number of hydrogen-bond donors (Lipinski definition) is 0. The van der Waals surface area contributed by atoms with Crippen LogP contribution in [0.5, 0.6) is 0 Å². The fourth-order valence-corrected chi connectivity index (χ4v) is 3.12. The van der Waals surface area contributed by atoms with Crippen molar-refractivity contribution in [3.8, 4) is 0 Å². The molecule has 2 fully saturated rings. The largest absolute Gasteiger partial charge is 0.333 e. The Bertz CT molecular complexity index is 477. The van der Waals surface area contributed by atoms with Gasteiger partial charge in [-0.2, -0.15) is 0 Å². The molecule has 94 valence electrons. The summed E-state index contributed by atoms with van der Waals surface area (Å²) in [6, 6.07) is 6.67. The Morgan fingerprint density at radius 3 is 2.06 bits per heavy atom. The van der Waals surface area contributed by atoms with Crippen LogP contribution in [0.25, 0.3) is 0 Å². The standard InChI is InChI=1S/C13H14N2O3/c16-13(14-10-5-6-11(14)8-7-10)9-1-3-12(4-2-9)15(17)18/h1-4,10-11H,5-8H2. The number of hydrogen-bond acceptors (Lipinski definition) is 3. The van der Waals surface area contributed by atoms with Gasteiger partial charge in [0.1, 0.15) is 0 Å². The highest BCUT2D eigenvalue weighted by molar-refractivity contribution is 5.95. The maximum Gasteiger partial charge on any atom is 0.269 e. The van der Waals surface area contributed by atoms with Gasteiger partial charge < -0.3 is 4.90 Å². The first-order valence-electron chi connectivity index (χ1n) is 6.24. The molecule has 2 aliphatic rings. The van der Waals surface area contributed by atoms with E-state index in [2.05, 4.69) is 0 Å². The second-order valence-electron chi connectivity index (χ2n) is 4.98. The van der Waals surface area contributed by atoms with E-state index in [1.165, 1.54) is 12.1 Å². The molecule has 0 unspecified atom stereocenters. The third-order valence-corrected chi connectivity index (χ3v) is 4.01. The summed E-state index contributed by atoms with van der Waals surface area (Å²) in [6.07, 6.45) is 4.40. The predicted molar refractivity (Wildman–Crippen MR) is 65.3 cm³/mol. The molecule has 5 heteroatoms. The molecule has 0 atom stereocenters. The van der Waals surface area contributed by atoms with Crippen LogP contribution in [-0.2, 0) is 0 Å². The van der Waals surface area contributed by atoms with E-state index < -0.39 is 4.92 Å². The lowest BCUT2D eigenvalue weighted by Crippen LogP contribution is -2.35. The number of amides is 1. The van der Waals surface area contributed by atoms with Gasteiger partial charge in [-0.1, -0.05) is 0 Å². The Labute approximate surface area is 105 Å². The fourth-order valence-electron chi connectivity index (χ4n) is 3.12. The molecule has 0 N–H and O–H groups in total. The second-order valence-corrected chi connectivity index (χ2v) is 4.98. The second kappa shape index (κ2) is 4.08. The molecule has 2 saturated heterocycles. The van der Waals surface area contributed by atoms with Gasteiger partial charge in [0.25, 0.3) is 11.6 Å². The molecule has 1 aromatic rings. The molecule has 2 aliphatic heterocycles. The Hall–Kier alpha value is -1.91. The summed E-state index contributed by atoms with van der Waals surface area (Å²) in [6.45, 7) is 0. The number of nitro groups is 1. The van der Waals surface area contributed by atoms with Crippen molar-refractivity contribution in [3.63, 3.8) is 0 Å². The minimum Gasteiger partial charge on any atom is -0.333 e. The molecule has 2 bridgehead atoms. The first kappa shape index (κ1) is 11.2.